The molecule has 0 saturated heterocycles. The number of anilines is 1. The van der Waals surface area contributed by atoms with Gasteiger partial charge >= 0.3 is 0 Å². The Labute approximate surface area is 150 Å². The summed E-state index contributed by atoms with van der Waals surface area (Å²) >= 11 is 0. The zero-order chi connectivity index (χ0) is 17.8. The lowest BCUT2D eigenvalue weighted by atomic mass is 10.1. The molecule has 0 aliphatic rings. The summed E-state index contributed by atoms with van der Waals surface area (Å²) in [5.41, 5.74) is 3.26. The van der Waals surface area contributed by atoms with Crippen molar-refractivity contribution in [2.45, 2.75) is 6.54 Å². The topological polar surface area (TPSA) is 73.0 Å². The van der Waals surface area contributed by atoms with Gasteiger partial charge in [-0.15, -0.1) is 0 Å². The average Bonchev–Trinajstić information content (AvgIpc) is 3.36. The van der Waals surface area contributed by atoms with Gasteiger partial charge in [0.1, 0.15) is 0 Å². The largest absolute Gasteiger partial charge is 0.444 e. The molecule has 2 aromatic carbocycles. The number of carbonyl (C=O) groups is 1. The van der Waals surface area contributed by atoms with Crippen LogP contribution in [0.4, 0.5) is 5.69 Å². The van der Waals surface area contributed by atoms with Crippen molar-refractivity contribution >= 4 is 11.6 Å². The van der Waals surface area contributed by atoms with E-state index in [-0.39, 0.29) is 5.91 Å². The molecule has 1 N–H and O–H groups in total. The van der Waals surface area contributed by atoms with E-state index in [4.69, 9.17) is 4.42 Å². The summed E-state index contributed by atoms with van der Waals surface area (Å²) in [4.78, 5) is 16.4. The maximum absolute atomic E-state index is 12.5. The van der Waals surface area contributed by atoms with Crippen molar-refractivity contribution in [3.8, 4) is 11.3 Å². The fourth-order valence-electron chi connectivity index (χ4n) is 2.68. The fraction of sp³-hybridized carbons (Fsp3) is 0.0500. The number of benzene rings is 2. The molecule has 4 rings (SSSR count). The summed E-state index contributed by atoms with van der Waals surface area (Å²) in [5.74, 6) is 0.508. The number of hydrogen-bond acceptors (Lipinski definition) is 4. The van der Waals surface area contributed by atoms with Gasteiger partial charge in [-0.25, -0.2) is 4.98 Å². The van der Waals surface area contributed by atoms with Gasteiger partial charge < -0.3 is 9.73 Å². The van der Waals surface area contributed by atoms with Crippen LogP contribution in [0.3, 0.4) is 0 Å². The third-order valence-corrected chi connectivity index (χ3v) is 3.95. The van der Waals surface area contributed by atoms with Gasteiger partial charge in [0.05, 0.1) is 12.7 Å². The van der Waals surface area contributed by atoms with Crippen LogP contribution in [0.25, 0.3) is 11.3 Å². The van der Waals surface area contributed by atoms with Gasteiger partial charge in [-0.3, -0.25) is 9.48 Å². The molecule has 128 valence electrons. The number of oxazole rings is 1. The first-order valence-corrected chi connectivity index (χ1v) is 8.14. The molecular formula is C20H16N4O2. The number of carbonyl (C=O) groups excluding carboxylic acids is 1. The van der Waals surface area contributed by atoms with Crippen molar-refractivity contribution in [1.82, 2.24) is 14.8 Å². The Kier molecular flexibility index (Phi) is 4.30. The fourth-order valence-corrected chi connectivity index (χ4v) is 2.68. The standard InChI is InChI=1S/C20H16N4O2/c25-20(17-7-5-16(6-8-17)19-12-21-14-26-19)23-18-4-1-3-15(11-18)13-24-10-2-9-22-24/h1-12,14H,13H2,(H,23,25). The van der Waals surface area contributed by atoms with Crippen LogP contribution in [0.15, 0.2) is 84.0 Å². The van der Waals surface area contributed by atoms with E-state index in [2.05, 4.69) is 15.4 Å². The number of nitrogens with one attached hydrogen (secondary N) is 1. The SMILES string of the molecule is O=C(Nc1cccc(Cn2cccn2)c1)c1ccc(-c2cnco2)cc1. The molecular weight excluding hydrogens is 328 g/mol. The normalized spacial score (nSPS) is 10.6. The van der Waals surface area contributed by atoms with Crippen LogP contribution >= 0.6 is 0 Å². The minimum Gasteiger partial charge on any atom is -0.444 e. The van der Waals surface area contributed by atoms with Crippen molar-refractivity contribution < 1.29 is 9.21 Å². The number of hydrogen-bond donors (Lipinski definition) is 1. The summed E-state index contributed by atoms with van der Waals surface area (Å²) in [6.45, 7) is 0.655. The summed E-state index contributed by atoms with van der Waals surface area (Å²) in [6, 6.07) is 16.8. The van der Waals surface area contributed by atoms with Gasteiger partial charge in [0.15, 0.2) is 12.2 Å². The van der Waals surface area contributed by atoms with E-state index in [1.807, 2.05) is 53.3 Å². The quantitative estimate of drug-likeness (QED) is 0.597. The van der Waals surface area contributed by atoms with Crippen LogP contribution in [0.2, 0.25) is 0 Å². The summed E-state index contributed by atoms with van der Waals surface area (Å²) in [6.07, 6.45) is 6.67. The Morgan fingerprint density at radius 3 is 2.73 bits per heavy atom. The molecule has 6 nitrogen and oxygen atoms in total. The highest BCUT2D eigenvalue weighted by atomic mass is 16.3. The first-order chi connectivity index (χ1) is 12.8. The van der Waals surface area contributed by atoms with E-state index in [1.165, 1.54) is 6.39 Å². The smallest absolute Gasteiger partial charge is 0.255 e. The van der Waals surface area contributed by atoms with Gasteiger partial charge in [0.2, 0.25) is 0 Å². The molecule has 0 bridgehead atoms. The van der Waals surface area contributed by atoms with Gasteiger partial charge in [0, 0.05) is 29.2 Å². The number of aromatic nitrogens is 3. The van der Waals surface area contributed by atoms with E-state index in [9.17, 15) is 4.79 Å². The molecule has 2 aromatic heterocycles. The van der Waals surface area contributed by atoms with Crippen LogP contribution in [0, 0.1) is 0 Å². The van der Waals surface area contributed by atoms with Crippen molar-refractivity contribution in [3.63, 3.8) is 0 Å². The molecule has 0 unspecified atom stereocenters. The minimum absolute atomic E-state index is 0.162. The van der Waals surface area contributed by atoms with E-state index in [0.29, 0.717) is 17.9 Å². The lowest BCUT2D eigenvalue weighted by Gasteiger charge is -2.08. The van der Waals surface area contributed by atoms with E-state index in [1.54, 1.807) is 24.5 Å². The van der Waals surface area contributed by atoms with Gasteiger partial charge in [-0.2, -0.15) is 5.10 Å². The summed E-state index contributed by atoms with van der Waals surface area (Å²) in [5, 5.41) is 7.12. The lowest BCUT2D eigenvalue weighted by molar-refractivity contribution is 0.102. The molecule has 0 aliphatic heterocycles. The van der Waals surface area contributed by atoms with Gasteiger partial charge in [-0.1, -0.05) is 24.3 Å². The Hall–Kier alpha value is -3.67. The maximum atomic E-state index is 12.5. The monoisotopic (exact) mass is 344 g/mol. The van der Waals surface area contributed by atoms with Crippen LogP contribution in [0.1, 0.15) is 15.9 Å². The zero-order valence-electron chi connectivity index (χ0n) is 13.9. The van der Waals surface area contributed by atoms with Crippen LogP contribution in [0.5, 0.6) is 0 Å². The van der Waals surface area contributed by atoms with Crippen LogP contribution in [-0.4, -0.2) is 20.7 Å². The highest BCUT2D eigenvalue weighted by Crippen LogP contribution is 2.19. The molecule has 26 heavy (non-hydrogen) atoms. The molecule has 6 heteroatoms. The Morgan fingerprint density at radius 1 is 1.12 bits per heavy atom. The highest BCUT2D eigenvalue weighted by Gasteiger charge is 2.08. The van der Waals surface area contributed by atoms with Crippen molar-refractivity contribution in [1.29, 1.82) is 0 Å². The van der Waals surface area contributed by atoms with Gasteiger partial charge in [-0.05, 0) is 35.9 Å². The highest BCUT2D eigenvalue weighted by molar-refractivity contribution is 6.04. The molecule has 0 fully saturated rings. The second kappa shape index (κ2) is 7.06. The minimum atomic E-state index is -0.162. The summed E-state index contributed by atoms with van der Waals surface area (Å²) in [7, 11) is 0. The molecule has 0 aliphatic carbocycles. The van der Waals surface area contributed by atoms with Crippen molar-refractivity contribution in [2.75, 3.05) is 5.32 Å². The predicted molar refractivity (Wildman–Crippen MR) is 97.7 cm³/mol. The van der Waals surface area contributed by atoms with E-state index >= 15 is 0 Å². The zero-order valence-corrected chi connectivity index (χ0v) is 13.9. The Morgan fingerprint density at radius 2 is 2.00 bits per heavy atom. The third-order valence-electron chi connectivity index (χ3n) is 3.95. The first kappa shape index (κ1) is 15.8. The second-order valence-electron chi connectivity index (χ2n) is 5.80. The van der Waals surface area contributed by atoms with Gasteiger partial charge in [0.25, 0.3) is 5.91 Å². The van der Waals surface area contributed by atoms with E-state index in [0.717, 1.165) is 16.8 Å². The van der Waals surface area contributed by atoms with Crippen molar-refractivity contribution in [2.24, 2.45) is 0 Å². The molecule has 4 aromatic rings. The third kappa shape index (κ3) is 3.54. The molecule has 2 heterocycles. The molecule has 0 radical (unpaired) electrons. The van der Waals surface area contributed by atoms with E-state index < -0.39 is 0 Å². The second-order valence-corrected chi connectivity index (χ2v) is 5.80. The number of rotatable bonds is 5. The Balaban J connectivity index is 1.46. The number of nitrogens with zero attached hydrogens (tertiary/aromatic N) is 3. The lowest BCUT2D eigenvalue weighted by Crippen LogP contribution is -2.12. The summed E-state index contributed by atoms with van der Waals surface area (Å²) < 4.78 is 7.09. The van der Waals surface area contributed by atoms with Crippen LogP contribution in [-0.2, 0) is 6.54 Å². The van der Waals surface area contributed by atoms with Crippen molar-refractivity contribution in [3.05, 3.63) is 90.7 Å². The molecule has 0 saturated carbocycles. The molecule has 1 amide bonds. The first-order valence-electron chi connectivity index (χ1n) is 8.14. The molecule has 0 spiro atoms. The predicted octanol–water partition coefficient (Wildman–Crippen LogP) is 3.84. The Bertz CT molecular complexity index is 991. The number of amides is 1. The van der Waals surface area contributed by atoms with Crippen LogP contribution < -0.4 is 5.32 Å². The maximum Gasteiger partial charge on any atom is 0.255 e. The average molecular weight is 344 g/mol. The molecule has 0 atom stereocenters.